The van der Waals surface area contributed by atoms with Gasteiger partial charge in [0.05, 0.1) is 18.2 Å². The Morgan fingerprint density at radius 1 is 1.27 bits per heavy atom. The van der Waals surface area contributed by atoms with Crippen LogP contribution >= 0.6 is 0 Å². The minimum absolute atomic E-state index is 0.0137. The zero-order valence-corrected chi connectivity index (χ0v) is 20.5. The van der Waals surface area contributed by atoms with Gasteiger partial charge in [-0.1, -0.05) is 57.1 Å². The van der Waals surface area contributed by atoms with Crippen LogP contribution in [-0.2, 0) is 22.6 Å². The summed E-state index contributed by atoms with van der Waals surface area (Å²) >= 11 is 0. The maximum atomic E-state index is 11.9. The van der Waals surface area contributed by atoms with Crippen LogP contribution in [0.3, 0.4) is 0 Å². The molecule has 1 aromatic heterocycles. The molecule has 1 aliphatic rings. The summed E-state index contributed by atoms with van der Waals surface area (Å²) in [6.07, 6.45) is 1.14. The van der Waals surface area contributed by atoms with Gasteiger partial charge in [-0.2, -0.15) is 0 Å². The van der Waals surface area contributed by atoms with Gasteiger partial charge in [0, 0.05) is 36.7 Å². The van der Waals surface area contributed by atoms with Crippen LogP contribution in [0.25, 0.3) is 0 Å². The van der Waals surface area contributed by atoms with E-state index in [1.807, 2.05) is 53.7 Å². The molecular weight excluding hydrogens is 422 g/mol. The SMILES string of the molecule is CC.CC(C)C(=O)c1ccc(CNC=O)cc1.Cc1cc(CC(=O)N2C[C@H](O)CC2C)on1. The smallest absolute Gasteiger partial charge is 0.230 e. The third-order valence-corrected chi connectivity index (χ3v) is 5.03. The number of hydrogen-bond acceptors (Lipinski definition) is 6. The molecule has 3 rings (SSSR count). The van der Waals surface area contributed by atoms with Crippen LogP contribution in [0.2, 0.25) is 0 Å². The van der Waals surface area contributed by atoms with Gasteiger partial charge in [0.1, 0.15) is 5.76 Å². The lowest BCUT2D eigenvalue weighted by Crippen LogP contribution is -2.35. The van der Waals surface area contributed by atoms with Crippen LogP contribution in [0.5, 0.6) is 0 Å². The Kier molecular flexibility index (Phi) is 12.1. The van der Waals surface area contributed by atoms with Crippen molar-refractivity contribution in [2.45, 2.75) is 73.1 Å². The molecule has 2 aromatic rings. The summed E-state index contributed by atoms with van der Waals surface area (Å²) in [5, 5.41) is 15.8. The highest BCUT2D eigenvalue weighted by molar-refractivity contribution is 5.97. The molecule has 1 aromatic carbocycles. The minimum Gasteiger partial charge on any atom is -0.391 e. The summed E-state index contributed by atoms with van der Waals surface area (Å²) in [4.78, 5) is 35.3. The number of aryl methyl sites for hydroxylation is 1. The topological polar surface area (TPSA) is 113 Å². The van der Waals surface area contributed by atoms with Crippen molar-refractivity contribution in [1.29, 1.82) is 0 Å². The molecule has 8 heteroatoms. The third-order valence-electron chi connectivity index (χ3n) is 5.03. The number of likely N-dealkylation sites (tertiary alicyclic amines) is 1. The summed E-state index contributed by atoms with van der Waals surface area (Å²) in [5.74, 6) is 0.727. The number of hydrogen-bond donors (Lipinski definition) is 2. The van der Waals surface area contributed by atoms with Gasteiger partial charge in [0.2, 0.25) is 12.3 Å². The number of Topliss-reactive ketones (excluding diaryl/α,β-unsaturated/α-hetero) is 1. The molecule has 2 N–H and O–H groups in total. The highest BCUT2D eigenvalue weighted by Gasteiger charge is 2.31. The first-order valence-electron chi connectivity index (χ1n) is 11.4. The third kappa shape index (κ3) is 9.18. The first-order chi connectivity index (χ1) is 15.7. The molecule has 1 aliphatic heterocycles. The van der Waals surface area contributed by atoms with E-state index >= 15 is 0 Å². The van der Waals surface area contributed by atoms with Crippen LogP contribution in [0.1, 0.15) is 68.4 Å². The molecule has 0 saturated carbocycles. The fourth-order valence-electron chi connectivity index (χ4n) is 3.38. The van der Waals surface area contributed by atoms with Crippen molar-refractivity contribution in [2.75, 3.05) is 6.54 Å². The minimum atomic E-state index is -0.393. The maximum absolute atomic E-state index is 11.9. The number of aromatic nitrogens is 1. The van der Waals surface area contributed by atoms with Crippen molar-refractivity contribution in [2.24, 2.45) is 5.92 Å². The summed E-state index contributed by atoms with van der Waals surface area (Å²) < 4.78 is 5.00. The molecule has 2 amide bonds. The first kappa shape index (κ1) is 28.0. The normalized spacial score (nSPS) is 16.9. The Morgan fingerprint density at radius 2 is 1.91 bits per heavy atom. The fraction of sp³-hybridized carbons (Fsp3) is 0.520. The predicted molar refractivity (Wildman–Crippen MR) is 127 cm³/mol. The number of aliphatic hydroxyl groups is 1. The van der Waals surface area contributed by atoms with E-state index in [2.05, 4.69) is 10.5 Å². The van der Waals surface area contributed by atoms with Crippen molar-refractivity contribution in [1.82, 2.24) is 15.4 Å². The average molecular weight is 460 g/mol. The van der Waals surface area contributed by atoms with Crippen LogP contribution in [0.4, 0.5) is 0 Å². The van der Waals surface area contributed by atoms with Crippen LogP contribution < -0.4 is 5.32 Å². The highest BCUT2D eigenvalue weighted by Crippen LogP contribution is 2.18. The molecule has 0 aliphatic carbocycles. The van der Waals surface area contributed by atoms with E-state index in [0.717, 1.165) is 16.8 Å². The Hall–Kier alpha value is -3.00. The molecule has 8 nitrogen and oxygen atoms in total. The number of carbonyl (C=O) groups excluding carboxylic acids is 3. The van der Waals surface area contributed by atoms with Crippen molar-refractivity contribution in [3.05, 3.63) is 52.9 Å². The van der Waals surface area contributed by atoms with E-state index in [4.69, 9.17) is 4.52 Å². The van der Waals surface area contributed by atoms with Crippen molar-refractivity contribution in [3.63, 3.8) is 0 Å². The lowest BCUT2D eigenvalue weighted by atomic mass is 10.0. The lowest BCUT2D eigenvalue weighted by Gasteiger charge is -2.20. The van der Waals surface area contributed by atoms with E-state index in [-0.39, 0.29) is 30.1 Å². The van der Waals surface area contributed by atoms with Gasteiger partial charge in [-0.25, -0.2) is 0 Å². The number of carbonyl (C=O) groups is 3. The zero-order valence-electron chi connectivity index (χ0n) is 20.5. The number of benzene rings is 1. The van der Waals surface area contributed by atoms with Gasteiger partial charge in [-0.05, 0) is 25.8 Å². The number of nitrogens with one attached hydrogen (secondary N) is 1. The average Bonchev–Trinajstić information content (AvgIpc) is 3.37. The van der Waals surface area contributed by atoms with Crippen LogP contribution in [-0.4, -0.2) is 52.0 Å². The van der Waals surface area contributed by atoms with Gasteiger partial charge in [-0.15, -0.1) is 0 Å². The maximum Gasteiger partial charge on any atom is 0.230 e. The number of nitrogens with zero attached hydrogens (tertiary/aromatic N) is 2. The number of β-amino-alcohol motifs (C(OH)–C–C–N with tert-alkyl or cyclic N) is 1. The number of aliphatic hydroxyl groups excluding tert-OH is 1. The number of ketones is 1. The molecule has 0 radical (unpaired) electrons. The van der Waals surface area contributed by atoms with E-state index in [0.29, 0.717) is 31.7 Å². The van der Waals surface area contributed by atoms with Crippen LogP contribution in [0.15, 0.2) is 34.9 Å². The largest absolute Gasteiger partial charge is 0.391 e. The zero-order chi connectivity index (χ0) is 25.0. The van der Waals surface area contributed by atoms with Crippen molar-refractivity contribution in [3.8, 4) is 0 Å². The molecule has 0 bridgehead atoms. The summed E-state index contributed by atoms with van der Waals surface area (Å²) in [6, 6.07) is 9.16. The lowest BCUT2D eigenvalue weighted by molar-refractivity contribution is -0.131. The van der Waals surface area contributed by atoms with Gasteiger partial charge in [0.15, 0.2) is 5.78 Å². The van der Waals surface area contributed by atoms with Crippen molar-refractivity contribution >= 4 is 18.1 Å². The van der Waals surface area contributed by atoms with Crippen molar-refractivity contribution < 1.29 is 24.0 Å². The second kappa shape index (κ2) is 14.2. The predicted octanol–water partition coefficient (Wildman–Crippen LogP) is 3.30. The quantitative estimate of drug-likeness (QED) is 0.485. The standard InChI is InChI=1S/C12H15NO2.C11H16N2O3.C2H6/c1-9(2)12(15)11-5-3-10(4-6-11)7-13-8-14;1-7-3-10(16-12-7)5-11(15)13-6-9(14)4-8(13)2;1-2/h3-6,8-9H,7H2,1-2H3,(H,13,14);3,8-9,14H,4-6H2,1-2H3;1-2H3/t;8?,9-;/m.1./s1. The molecule has 1 fully saturated rings. The Labute approximate surface area is 196 Å². The van der Waals surface area contributed by atoms with Gasteiger partial charge in [0.25, 0.3) is 0 Å². The number of rotatable bonds is 7. The van der Waals surface area contributed by atoms with E-state index in [9.17, 15) is 19.5 Å². The molecular formula is C25H37N3O5. The van der Waals surface area contributed by atoms with Crippen LogP contribution in [0, 0.1) is 12.8 Å². The molecule has 1 unspecified atom stereocenters. The molecule has 2 atom stereocenters. The fourth-order valence-corrected chi connectivity index (χ4v) is 3.38. The van der Waals surface area contributed by atoms with Gasteiger partial charge < -0.3 is 19.8 Å². The van der Waals surface area contributed by atoms with Gasteiger partial charge >= 0.3 is 0 Å². The highest BCUT2D eigenvalue weighted by atomic mass is 16.5. The van der Waals surface area contributed by atoms with E-state index in [1.165, 1.54) is 0 Å². The first-order valence-corrected chi connectivity index (χ1v) is 11.4. The summed E-state index contributed by atoms with van der Waals surface area (Å²) in [5.41, 5.74) is 2.49. The Bertz CT molecular complexity index is 876. The molecule has 33 heavy (non-hydrogen) atoms. The monoisotopic (exact) mass is 459 g/mol. The number of amides is 2. The van der Waals surface area contributed by atoms with E-state index < -0.39 is 6.10 Å². The summed E-state index contributed by atoms with van der Waals surface area (Å²) in [6.45, 7) is 12.4. The molecule has 1 saturated heterocycles. The molecule has 0 spiro atoms. The second-order valence-corrected chi connectivity index (χ2v) is 8.11. The Balaban J connectivity index is 0.000000308. The van der Waals surface area contributed by atoms with E-state index in [1.54, 1.807) is 23.1 Å². The van der Waals surface area contributed by atoms with Gasteiger partial charge in [-0.3, -0.25) is 14.4 Å². The molecule has 182 valence electrons. The Morgan fingerprint density at radius 3 is 2.36 bits per heavy atom. The summed E-state index contributed by atoms with van der Waals surface area (Å²) in [7, 11) is 0. The second-order valence-electron chi connectivity index (χ2n) is 8.11. The molecule has 2 heterocycles.